The Balaban J connectivity index is 2.02. The number of rotatable bonds is 5. The maximum absolute atomic E-state index is 12.4. The Morgan fingerprint density at radius 3 is 2.44 bits per heavy atom. The molecule has 0 N–H and O–H groups in total. The molecule has 0 aromatic carbocycles. The minimum atomic E-state index is -2.91. The number of hydrogen-bond donors (Lipinski definition) is 0. The van der Waals surface area contributed by atoms with E-state index in [0.717, 1.165) is 38.6 Å². The zero-order valence-corrected chi connectivity index (χ0v) is 11.9. The van der Waals surface area contributed by atoms with E-state index in [9.17, 15) is 13.2 Å². The van der Waals surface area contributed by atoms with Crippen LogP contribution in [0.5, 0.6) is 0 Å². The van der Waals surface area contributed by atoms with Crippen molar-refractivity contribution in [2.24, 2.45) is 5.92 Å². The lowest BCUT2D eigenvalue weighted by atomic mass is 9.84. The van der Waals surface area contributed by atoms with E-state index in [2.05, 4.69) is 6.92 Å². The Bertz CT molecular complexity index is 400. The lowest BCUT2D eigenvalue weighted by molar-refractivity contribution is -0.140. The van der Waals surface area contributed by atoms with Gasteiger partial charge < -0.3 is 4.90 Å². The van der Waals surface area contributed by atoms with E-state index in [1.165, 1.54) is 0 Å². The summed E-state index contributed by atoms with van der Waals surface area (Å²) in [4.78, 5) is 14.2. The third-order valence-electron chi connectivity index (χ3n) is 4.14. The zero-order valence-electron chi connectivity index (χ0n) is 11.1. The van der Waals surface area contributed by atoms with Crippen LogP contribution in [0.15, 0.2) is 0 Å². The van der Waals surface area contributed by atoms with Crippen molar-refractivity contribution in [1.82, 2.24) is 4.90 Å². The number of amides is 1. The van der Waals surface area contributed by atoms with Gasteiger partial charge in [0.15, 0.2) is 9.84 Å². The standard InChI is InChI=1S/C13H23NO3S/c1-2-3-8-14(13(15)11-5-4-6-11)12-7-9-18(16,17)10-12/h11-12H,2-10H2,1H3. The second-order valence-corrected chi connectivity index (χ2v) is 7.80. The fraction of sp³-hybridized carbons (Fsp3) is 0.923. The number of unbranched alkanes of at least 4 members (excludes halogenated alkanes) is 1. The SMILES string of the molecule is CCCCN(C(=O)C1CCC1)C1CCS(=O)(=O)C1. The molecule has 2 aliphatic rings. The van der Waals surface area contributed by atoms with E-state index >= 15 is 0 Å². The van der Waals surface area contributed by atoms with Gasteiger partial charge in [0.25, 0.3) is 0 Å². The molecule has 2 fully saturated rings. The van der Waals surface area contributed by atoms with Crippen LogP contribution >= 0.6 is 0 Å². The summed E-state index contributed by atoms with van der Waals surface area (Å²) in [7, 11) is -2.91. The first kappa shape index (κ1) is 13.8. The molecule has 0 radical (unpaired) electrons. The molecular weight excluding hydrogens is 250 g/mol. The third kappa shape index (κ3) is 3.05. The van der Waals surface area contributed by atoms with Crippen molar-refractivity contribution in [3.63, 3.8) is 0 Å². The van der Waals surface area contributed by atoms with Crippen LogP contribution in [0.3, 0.4) is 0 Å². The topological polar surface area (TPSA) is 54.5 Å². The van der Waals surface area contributed by atoms with Crippen LogP contribution in [0.1, 0.15) is 45.4 Å². The smallest absolute Gasteiger partial charge is 0.225 e. The van der Waals surface area contributed by atoms with E-state index in [4.69, 9.17) is 0 Å². The van der Waals surface area contributed by atoms with Gasteiger partial charge in [0.2, 0.25) is 5.91 Å². The number of nitrogens with zero attached hydrogens (tertiary/aromatic N) is 1. The highest BCUT2D eigenvalue weighted by molar-refractivity contribution is 7.91. The molecule has 104 valence electrons. The summed E-state index contributed by atoms with van der Waals surface area (Å²) in [5.74, 6) is 0.801. The molecule has 0 aromatic heterocycles. The molecule has 1 saturated carbocycles. The van der Waals surface area contributed by atoms with E-state index in [1.54, 1.807) is 0 Å². The van der Waals surface area contributed by atoms with E-state index in [-0.39, 0.29) is 29.4 Å². The normalized spacial score (nSPS) is 26.8. The van der Waals surface area contributed by atoms with Crippen LogP contribution in [-0.2, 0) is 14.6 Å². The van der Waals surface area contributed by atoms with Gasteiger partial charge in [-0.1, -0.05) is 19.8 Å². The molecule has 5 heteroatoms. The Hall–Kier alpha value is -0.580. The summed E-state index contributed by atoms with van der Waals surface area (Å²) >= 11 is 0. The first-order chi connectivity index (χ1) is 8.53. The summed E-state index contributed by atoms with van der Waals surface area (Å²) in [5, 5.41) is 0. The van der Waals surface area contributed by atoms with Crippen LogP contribution in [0.25, 0.3) is 0 Å². The average molecular weight is 273 g/mol. The Morgan fingerprint density at radius 1 is 1.28 bits per heavy atom. The number of carbonyl (C=O) groups is 1. The summed E-state index contributed by atoms with van der Waals surface area (Å²) in [6, 6.07) is -0.0605. The molecule has 1 aliphatic carbocycles. The number of sulfone groups is 1. The molecule has 1 amide bonds. The highest BCUT2D eigenvalue weighted by atomic mass is 32.2. The summed E-state index contributed by atoms with van der Waals surface area (Å²) < 4.78 is 23.1. The van der Waals surface area contributed by atoms with Crippen molar-refractivity contribution in [3.05, 3.63) is 0 Å². The second kappa shape index (κ2) is 5.59. The Kier molecular flexibility index (Phi) is 4.30. The van der Waals surface area contributed by atoms with Gasteiger partial charge in [-0.25, -0.2) is 8.42 Å². The average Bonchev–Trinajstić information content (AvgIpc) is 2.57. The van der Waals surface area contributed by atoms with Crippen molar-refractivity contribution in [3.8, 4) is 0 Å². The lowest BCUT2D eigenvalue weighted by Gasteiger charge is -2.35. The zero-order chi connectivity index (χ0) is 13.2. The molecule has 0 spiro atoms. The predicted molar refractivity (Wildman–Crippen MR) is 71.0 cm³/mol. The monoisotopic (exact) mass is 273 g/mol. The lowest BCUT2D eigenvalue weighted by Crippen LogP contribution is -2.46. The van der Waals surface area contributed by atoms with Crippen LogP contribution in [0.2, 0.25) is 0 Å². The van der Waals surface area contributed by atoms with Gasteiger partial charge in [-0.05, 0) is 25.7 Å². The van der Waals surface area contributed by atoms with Gasteiger partial charge in [-0.2, -0.15) is 0 Å². The molecule has 1 unspecified atom stereocenters. The van der Waals surface area contributed by atoms with Crippen LogP contribution in [0.4, 0.5) is 0 Å². The van der Waals surface area contributed by atoms with Gasteiger partial charge in [-0.3, -0.25) is 4.79 Å². The molecule has 2 rings (SSSR count). The third-order valence-corrected chi connectivity index (χ3v) is 5.89. The summed E-state index contributed by atoms with van der Waals surface area (Å²) in [6.07, 6.45) is 5.75. The predicted octanol–water partition coefficient (Wildman–Crippen LogP) is 1.60. The molecular formula is C13H23NO3S. The molecule has 1 aliphatic heterocycles. The van der Waals surface area contributed by atoms with Crippen molar-refractivity contribution >= 4 is 15.7 Å². The second-order valence-electron chi connectivity index (χ2n) is 5.57. The highest BCUT2D eigenvalue weighted by Crippen LogP contribution is 2.30. The van der Waals surface area contributed by atoms with Crippen molar-refractivity contribution in [1.29, 1.82) is 0 Å². The van der Waals surface area contributed by atoms with Gasteiger partial charge in [0.1, 0.15) is 0 Å². The van der Waals surface area contributed by atoms with Crippen LogP contribution < -0.4 is 0 Å². The van der Waals surface area contributed by atoms with Gasteiger partial charge in [0.05, 0.1) is 11.5 Å². The first-order valence-corrected chi connectivity index (χ1v) is 8.86. The van der Waals surface area contributed by atoms with Gasteiger partial charge in [0, 0.05) is 18.5 Å². The first-order valence-electron chi connectivity index (χ1n) is 7.04. The van der Waals surface area contributed by atoms with Gasteiger partial charge >= 0.3 is 0 Å². The fourth-order valence-corrected chi connectivity index (χ4v) is 4.44. The molecule has 1 atom stereocenters. The molecule has 0 aromatic rings. The Morgan fingerprint density at radius 2 is 2.00 bits per heavy atom. The molecule has 0 bridgehead atoms. The van der Waals surface area contributed by atoms with Crippen LogP contribution in [-0.4, -0.2) is 43.3 Å². The quantitative estimate of drug-likeness (QED) is 0.764. The van der Waals surface area contributed by atoms with Gasteiger partial charge in [-0.15, -0.1) is 0 Å². The number of hydrogen-bond acceptors (Lipinski definition) is 3. The molecule has 18 heavy (non-hydrogen) atoms. The van der Waals surface area contributed by atoms with E-state index < -0.39 is 9.84 Å². The van der Waals surface area contributed by atoms with E-state index in [0.29, 0.717) is 6.42 Å². The maximum atomic E-state index is 12.4. The van der Waals surface area contributed by atoms with E-state index in [1.807, 2.05) is 4.90 Å². The molecule has 1 heterocycles. The fourth-order valence-electron chi connectivity index (χ4n) is 2.71. The largest absolute Gasteiger partial charge is 0.338 e. The van der Waals surface area contributed by atoms with Crippen molar-refractivity contribution in [2.75, 3.05) is 18.1 Å². The minimum absolute atomic E-state index is 0.0605. The molecule has 4 nitrogen and oxygen atoms in total. The van der Waals surface area contributed by atoms with Crippen molar-refractivity contribution < 1.29 is 13.2 Å². The van der Waals surface area contributed by atoms with Crippen LogP contribution in [0, 0.1) is 5.92 Å². The number of carbonyl (C=O) groups excluding carboxylic acids is 1. The summed E-state index contributed by atoms with van der Waals surface area (Å²) in [5.41, 5.74) is 0. The van der Waals surface area contributed by atoms with Crippen molar-refractivity contribution in [2.45, 2.75) is 51.5 Å². The molecule has 1 saturated heterocycles. The highest BCUT2D eigenvalue weighted by Gasteiger charge is 2.37. The maximum Gasteiger partial charge on any atom is 0.225 e. The minimum Gasteiger partial charge on any atom is -0.338 e. The summed E-state index contributed by atoms with van der Waals surface area (Å²) in [6.45, 7) is 2.82. The Labute approximate surface area is 110 Å².